The van der Waals surface area contributed by atoms with Gasteiger partial charge in [0.2, 0.25) is 0 Å². The van der Waals surface area contributed by atoms with Crippen LogP contribution < -0.4 is 0 Å². The number of hydrogen-bond acceptors (Lipinski definition) is 4. The number of Topliss-reactive ketones (excluding diaryl/α,β-unsaturated/α-hetero) is 1. The minimum atomic E-state index is -1.21. The van der Waals surface area contributed by atoms with E-state index in [0.29, 0.717) is 5.56 Å². The molecule has 1 aliphatic carbocycles. The fraction of sp³-hybridized carbons (Fsp3) is 0.438. The SMILES string of the molecule is N#CC1(C#N)C(C(=O)c2ccc(F)cc2)C12CCSCC2. The van der Waals surface area contributed by atoms with E-state index in [4.69, 9.17) is 0 Å². The lowest BCUT2D eigenvalue weighted by molar-refractivity contribution is 0.0943. The van der Waals surface area contributed by atoms with E-state index >= 15 is 0 Å². The van der Waals surface area contributed by atoms with Crippen LogP contribution in [0.25, 0.3) is 0 Å². The van der Waals surface area contributed by atoms with Crippen LogP contribution in [0.15, 0.2) is 24.3 Å². The predicted molar refractivity (Wildman–Crippen MR) is 76.9 cm³/mol. The number of hydrogen-bond donors (Lipinski definition) is 0. The Kier molecular flexibility index (Phi) is 3.26. The zero-order valence-electron chi connectivity index (χ0n) is 11.3. The maximum Gasteiger partial charge on any atom is 0.169 e. The Hall–Kier alpha value is -1.85. The number of benzene rings is 1. The van der Waals surface area contributed by atoms with E-state index in [9.17, 15) is 19.7 Å². The van der Waals surface area contributed by atoms with Gasteiger partial charge in [0.15, 0.2) is 11.2 Å². The van der Waals surface area contributed by atoms with Gasteiger partial charge in [0.05, 0.1) is 18.1 Å². The van der Waals surface area contributed by atoms with Crippen molar-refractivity contribution in [1.82, 2.24) is 0 Å². The molecule has 3 rings (SSSR count). The Bertz CT molecular complexity index is 651. The number of halogens is 1. The molecule has 3 nitrogen and oxygen atoms in total. The summed E-state index contributed by atoms with van der Waals surface area (Å²) in [4.78, 5) is 12.7. The smallest absolute Gasteiger partial charge is 0.169 e. The van der Waals surface area contributed by atoms with Gasteiger partial charge in [-0.1, -0.05) is 0 Å². The summed E-state index contributed by atoms with van der Waals surface area (Å²) in [6, 6.07) is 9.55. The molecule has 21 heavy (non-hydrogen) atoms. The van der Waals surface area contributed by atoms with Gasteiger partial charge in [-0.05, 0) is 48.6 Å². The Morgan fingerprint density at radius 1 is 1.19 bits per heavy atom. The van der Waals surface area contributed by atoms with Gasteiger partial charge in [0, 0.05) is 11.0 Å². The Morgan fingerprint density at radius 2 is 1.76 bits per heavy atom. The lowest BCUT2D eigenvalue weighted by Gasteiger charge is -2.22. The second-order valence-electron chi connectivity index (χ2n) is 5.60. The van der Waals surface area contributed by atoms with Crippen molar-refractivity contribution in [2.45, 2.75) is 12.8 Å². The average Bonchev–Trinajstić information content (AvgIpc) is 3.08. The summed E-state index contributed by atoms with van der Waals surface area (Å²) in [5.74, 6) is 0.561. The number of ketones is 1. The fourth-order valence-corrected chi connectivity index (χ4v) is 4.84. The molecule has 0 aromatic heterocycles. The molecule has 5 heteroatoms. The van der Waals surface area contributed by atoms with Gasteiger partial charge in [-0.2, -0.15) is 22.3 Å². The first-order chi connectivity index (χ1) is 10.1. The number of nitriles is 2. The van der Waals surface area contributed by atoms with Gasteiger partial charge < -0.3 is 0 Å². The zero-order chi connectivity index (χ0) is 15.1. The minimum absolute atomic E-state index is 0.204. The van der Waals surface area contributed by atoms with Crippen molar-refractivity contribution < 1.29 is 9.18 Å². The summed E-state index contributed by atoms with van der Waals surface area (Å²) in [7, 11) is 0. The van der Waals surface area contributed by atoms with E-state index in [1.54, 1.807) is 11.8 Å². The van der Waals surface area contributed by atoms with Gasteiger partial charge in [0.1, 0.15) is 5.82 Å². The summed E-state index contributed by atoms with van der Waals surface area (Å²) >= 11 is 1.79. The first-order valence-corrected chi connectivity index (χ1v) is 7.97. The van der Waals surface area contributed by atoms with Crippen molar-refractivity contribution in [2.75, 3.05) is 11.5 Å². The van der Waals surface area contributed by atoms with E-state index in [2.05, 4.69) is 12.1 Å². The van der Waals surface area contributed by atoms with Gasteiger partial charge in [-0.15, -0.1) is 0 Å². The first-order valence-electron chi connectivity index (χ1n) is 6.81. The second-order valence-corrected chi connectivity index (χ2v) is 6.83. The third-order valence-corrected chi connectivity index (χ3v) is 5.80. The van der Waals surface area contributed by atoms with Crippen LogP contribution in [-0.2, 0) is 0 Å². The van der Waals surface area contributed by atoms with Crippen LogP contribution in [0.3, 0.4) is 0 Å². The van der Waals surface area contributed by atoms with Gasteiger partial charge in [0.25, 0.3) is 0 Å². The van der Waals surface area contributed by atoms with Crippen molar-refractivity contribution in [3.63, 3.8) is 0 Å². The standard InChI is InChI=1S/C16H13FN2OS/c17-12-3-1-11(2-4-12)13(20)14-15(5-7-21-8-6-15)16(14,9-18)10-19/h1-4,14H,5-8H2. The topological polar surface area (TPSA) is 64.7 Å². The summed E-state index contributed by atoms with van der Waals surface area (Å²) < 4.78 is 13.0. The molecule has 1 aromatic rings. The largest absolute Gasteiger partial charge is 0.294 e. The van der Waals surface area contributed by atoms with Crippen LogP contribution >= 0.6 is 11.8 Å². The zero-order valence-corrected chi connectivity index (χ0v) is 12.1. The average molecular weight is 300 g/mol. The predicted octanol–water partition coefficient (Wildman–Crippen LogP) is 3.19. The molecule has 2 fully saturated rings. The molecule has 1 atom stereocenters. The maximum absolute atomic E-state index is 13.0. The minimum Gasteiger partial charge on any atom is -0.294 e. The lowest BCUT2D eigenvalue weighted by atomic mass is 9.89. The Morgan fingerprint density at radius 3 is 2.29 bits per heavy atom. The number of thioether (sulfide) groups is 1. The van der Waals surface area contributed by atoms with E-state index in [0.717, 1.165) is 24.3 Å². The van der Waals surface area contributed by atoms with Crippen LogP contribution in [0.5, 0.6) is 0 Å². The molecule has 1 unspecified atom stereocenters. The molecule has 106 valence electrons. The highest BCUT2D eigenvalue weighted by Gasteiger charge is 2.80. The molecule has 0 N–H and O–H groups in total. The molecule has 1 heterocycles. The molecular weight excluding hydrogens is 287 g/mol. The summed E-state index contributed by atoms with van der Waals surface area (Å²) in [6.07, 6.45) is 1.44. The molecular formula is C16H13FN2OS. The maximum atomic E-state index is 13.0. The van der Waals surface area contributed by atoms with E-state index in [1.165, 1.54) is 24.3 Å². The highest BCUT2D eigenvalue weighted by molar-refractivity contribution is 7.99. The molecule has 1 saturated heterocycles. The second kappa shape index (κ2) is 4.86. The quantitative estimate of drug-likeness (QED) is 0.787. The molecule has 0 bridgehead atoms. The molecule has 1 aromatic carbocycles. The van der Waals surface area contributed by atoms with Crippen molar-refractivity contribution in [2.24, 2.45) is 16.7 Å². The molecule has 0 radical (unpaired) electrons. The van der Waals surface area contributed by atoms with Crippen LogP contribution in [0, 0.1) is 45.2 Å². The third kappa shape index (κ3) is 1.81. The summed E-state index contributed by atoms with van der Waals surface area (Å²) in [5.41, 5.74) is -1.33. The lowest BCUT2D eigenvalue weighted by Crippen LogP contribution is -2.19. The molecule has 0 amide bonds. The van der Waals surface area contributed by atoms with Crippen molar-refractivity contribution >= 4 is 17.5 Å². The van der Waals surface area contributed by atoms with Crippen LogP contribution in [0.4, 0.5) is 4.39 Å². The molecule has 1 aliphatic heterocycles. The summed E-state index contributed by atoms with van der Waals surface area (Å²) in [6.45, 7) is 0. The van der Waals surface area contributed by atoms with E-state index < -0.39 is 22.6 Å². The normalized spacial score (nSPS) is 24.8. The van der Waals surface area contributed by atoms with Crippen LogP contribution in [-0.4, -0.2) is 17.3 Å². The van der Waals surface area contributed by atoms with Crippen molar-refractivity contribution in [3.05, 3.63) is 35.6 Å². The Labute approximate surface area is 126 Å². The fourth-order valence-electron chi connectivity index (χ4n) is 3.62. The Balaban J connectivity index is 1.97. The number of rotatable bonds is 2. The van der Waals surface area contributed by atoms with E-state index in [-0.39, 0.29) is 5.78 Å². The van der Waals surface area contributed by atoms with Crippen LogP contribution in [0.2, 0.25) is 0 Å². The highest BCUT2D eigenvalue weighted by Crippen LogP contribution is 2.74. The van der Waals surface area contributed by atoms with Crippen molar-refractivity contribution in [3.8, 4) is 12.1 Å². The van der Waals surface area contributed by atoms with Gasteiger partial charge in [-0.3, -0.25) is 4.79 Å². The number of carbonyl (C=O) groups excluding carboxylic acids is 1. The third-order valence-electron chi connectivity index (χ3n) is 4.82. The van der Waals surface area contributed by atoms with Crippen LogP contribution in [0.1, 0.15) is 23.2 Å². The van der Waals surface area contributed by atoms with E-state index in [1.807, 2.05) is 0 Å². The molecule has 1 spiro atoms. The number of carbonyl (C=O) groups is 1. The van der Waals surface area contributed by atoms with Gasteiger partial charge >= 0.3 is 0 Å². The first kappa shape index (κ1) is 14.1. The monoisotopic (exact) mass is 300 g/mol. The number of nitrogens with zero attached hydrogens (tertiary/aromatic N) is 2. The van der Waals surface area contributed by atoms with Gasteiger partial charge in [-0.25, -0.2) is 4.39 Å². The van der Waals surface area contributed by atoms with Crippen molar-refractivity contribution in [1.29, 1.82) is 10.5 Å². The summed E-state index contributed by atoms with van der Waals surface area (Å²) in [5, 5.41) is 19.0. The highest BCUT2D eigenvalue weighted by atomic mass is 32.2. The molecule has 2 aliphatic rings. The molecule has 1 saturated carbocycles.